The molecular weight excluding hydrogens is 516 g/mol. The lowest BCUT2D eigenvalue weighted by Crippen LogP contribution is -2.48. The molecule has 3 aromatic carbocycles. The number of nitrogens with one attached hydrogen (secondary N) is 2. The predicted molar refractivity (Wildman–Crippen MR) is 133 cm³/mol. The number of hydrazine groups is 1. The molecule has 1 atom stereocenters. The summed E-state index contributed by atoms with van der Waals surface area (Å²) in [7, 11) is 0. The third-order valence-electron chi connectivity index (χ3n) is 4.99. The minimum Gasteiger partial charge on any atom is -0.489 e. The normalized spacial score (nSPS) is 11.5. The molecule has 1 heterocycles. The summed E-state index contributed by atoms with van der Waals surface area (Å²) < 4.78 is 17.3. The Bertz CT molecular complexity index is 1400. The van der Waals surface area contributed by atoms with Crippen molar-refractivity contribution in [1.29, 1.82) is 0 Å². The van der Waals surface area contributed by atoms with Crippen molar-refractivity contribution in [2.24, 2.45) is 0 Å². The fourth-order valence-corrected chi connectivity index (χ4v) is 3.53. The number of halogens is 1. The van der Waals surface area contributed by atoms with Crippen molar-refractivity contribution in [3.8, 4) is 11.5 Å². The van der Waals surface area contributed by atoms with Crippen LogP contribution in [-0.4, -0.2) is 17.9 Å². The van der Waals surface area contributed by atoms with Crippen molar-refractivity contribution >= 4 is 38.7 Å². The van der Waals surface area contributed by atoms with Crippen LogP contribution in [0.25, 0.3) is 11.0 Å². The number of rotatable bonds is 7. The number of fused-ring (bicyclic) bond motifs is 1. The quantitative estimate of drug-likeness (QED) is 0.268. The van der Waals surface area contributed by atoms with E-state index in [1.54, 1.807) is 42.5 Å². The molecule has 9 heteroatoms. The number of benzene rings is 3. The molecule has 0 unspecified atom stereocenters. The lowest BCUT2D eigenvalue weighted by atomic mass is 10.2. The van der Waals surface area contributed by atoms with Crippen LogP contribution in [0.5, 0.6) is 11.5 Å². The summed E-state index contributed by atoms with van der Waals surface area (Å²) in [6.45, 7) is 1.97. The highest BCUT2D eigenvalue weighted by Crippen LogP contribution is 2.20. The Balaban J connectivity index is 1.30. The highest BCUT2D eigenvalue weighted by Gasteiger charge is 2.18. The van der Waals surface area contributed by atoms with Gasteiger partial charge in [-0.05, 0) is 61.0 Å². The van der Waals surface area contributed by atoms with Crippen LogP contribution in [0.2, 0.25) is 0 Å². The van der Waals surface area contributed by atoms with Crippen LogP contribution in [0.15, 0.2) is 92.5 Å². The molecule has 0 saturated heterocycles. The van der Waals surface area contributed by atoms with Crippen LogP contribution < -0.4 is 26.0 Å². The second kappa shape index (κ2) is 10.9. The number of carbonyl (C=O) groups is 2. The first-order valence-corrected chi connectivity index (χ1v) is 11.5. The van der Waals surface area contributed by atoms with E-state index in [0.717, 1.165) is 10.0 Å². The molecule has 2 N–H and O–H groups in total. The zero-order chi connectivity index (χ0) is 24.8. The number of hydrogen-bond donors (Lipinski definition) is 2. The van der Waals surface area contributed by atoms with Crippen molar-refractivity contribution in [2.75, 3.05) is 0 Å². The molecule has 35 heavy (non-hydrogen) atoms. The Kier molecular flexibility index (Phi) is 7.47. The fourth-order valence-electron chi connectivity index (χ4n) is 3.15. The number of hydrogen-bond acceptors (Lipinski definition) is 6. The van der Waals surface area contributed by atoms with E-state index in [1.807, 2.05) is 30.3 Å². The summed E-state index contributed by atoms with van der Waals surface area (Å²) in [5, 5.41) is 0.559. The minimum absolute atomic E-state index is 0.240. The van der Waals surface area contributed by atoms with Crippen molar-refractivity contribution in [3.63, 3.8) is 0 Å². The monoisotopic (exact) mass is 536 g/mol. The topological polar surface area (TPSA) is 107 Å². The SMILES string of the molecule is C[C@H](Oc1ccc(OCc2ccccc2)cc1)C(=O)NNC(=O)c1cc2cc(Br)ccc2oc1=O. The minimum atomic E-state index is -0.921. The molecule has 2 amide bonds. The third-order valence-corrected chi connectivity index (χ3v) is 5.49. The lowest BCUT2D eigenvalue weighted by Gasteiger charge is -2.15. The van der Waals surface area contributed by atoms with E-state index >= 15 is 0 Å². The second-order valence-corrected chi connectivity index (χ2v) is 8.49. The van der Waals surface area contributed by atoms with Gasteiger partial charge in [-0.3, -0.25) is 20.4 Å². The Labute approximate surface area is 209 Å². The van der Waals surface area contributed by atoms with Crippen LogP contribution in [0.1, 0.15) is 22.8 Å². The van der Waals surface area contributed by atoms with Gasteiger partial charge in [0.05, 0.1) is 0 Å². The van der Waals surface area contributed by atoms with Crippen molar-refractivity contribution in [3.05, 3.63) is 105 Å². The van der Waals surface area contributed by atoms with E-state index in [4.69, 9.17) is 13.9 Å². The van der Waals surface area contributed by atoms with E-state index in [9.17, 15) is 14.4 Å². The molecule has 8 nitrogen and oxygen atoms in total. The van der Waals surface area contributed by atoms with Gasteiger partial charge >= 0.3 is 5.63 Å². The van der Waals surface area contributed by atoms with Crippen molar-refractivity contribution in [2.45, 2.75) is 19.6 Å². The highest BCUT2D eigenvalue weighted by atomic mass is 79.9. The standard InChI is InChI=1S/C26H21BrN2O6/c1-16(34-21-10-8-20(9-11-21)33-15-17-5-3-2-4-6-17)24(30)28-29-25(31)22-14-18-13-19(27)7-12-23(18)35-26(22)32/h2-14,16H,15H2,1H3,(H,28,30)(H,29,31)/t16-/m0/s1. The maximum absolute atomic E-state index is 12.4. The molecule has 0 aliphatic heterocycles. The molecule has 0 spiro atoms. The van der Waals surface area contributed by atoms with Gasteiger partial charge in [-0.25, -0.2) is 4.79 Å². The summed E-state index contributed by atoms with van der Waals surface area (Å²) in [6.07, 6.45) is -0.921. The maximum Gasteiger partial charge on any atom is 0.349 e. The average molecular weight is 537 g/mol. The number of carbonyl (C=O) groups excluding carboxylic acids is 2. The fraction of sp³-hybridized carbons (Fsp3) is 0.115. The molecule has 0 fully saturated rings. The van der Waals surface area contributed by atoms with E-state index in [1.165, 1.54) is 13.0 Å². The molecular formula is C26H21BrN2O6. The molecule has 0 aliphatic carbocycles. The van der Waals surface area contributed by atoms with Gasteiger partial charge in [0, 0.05) is 9.86 Å². The third kappa shape index (κ3) is 6.27. The van der Waals surface area contributed by atoms with Gasteiger partial charge in [0.25, 0.3) is 11.8 Å². The zero-order valence-electron chi connectivity index (χ0n) is 18.6. The molecule has 0 saturated carbocycles. The first kappa shape index (κ1) is 24.0. The van der Waals surface area contributed by atoms with Gasteiger partial charge in [-0.15, -0.1) is 0 Å². The first-order valence-electron chi connectivity index (χ1n) is 10.7. The summed E-state index contributed by atoms with van der Waals surface area (Å²) >= 11 is 3.33. The summed E-state index contributed by atoms with van der Waals surface area (Å²) in [6, 6.07) is 23.1. The van der Waals surface area contributed by atoms with E-state index in [2.05, 4.69) is 26.8 Å². The molecule has 4 rings (SSSR count). The van der Waals surface area contributed by atoms with Crippen molar-refractivity contribution in [1.82, 2.24) is 10.9 Å². The molecule has 178 valence electrons. The first-order chi connectivity index (χ1) is 16.9. The van der Waals surface area contributed by atoms with Gasteiger partial charge < -0.3 is 13.9 Å². The van der Waals surface area contributed by atoms with Gasteiger partial charge in [0.15, 0.2) is 6.10 Å². The Hall–Kier alpha value is -4.11. The Morgan fingerprint density at radius 1 is 0.943 bits per heavy atom. The van der Waals surface area contributed by atoms with Crippen LogP contribution >= 0.6 is 15.9 Å². The van der Waals surface area contributed by atoms with Crippen LogP contribution in [0, 0.1) is 0 Å². The summed E-state index contributed by atoms with van der Waals surface area (Å²) in [4.78, 5) is 36.9. The Morgan fingerprint density at radius 2 is 1.66 bits per heavy atom. The van der Waals surface area contributed by atoms with Gasteiger partial charge in [-0.2, -0.15) is 0 Å². The molecule has 0 aliphatic rings. The smallest absolute Gasteiger partial charge is 0.349 e. The maximum atomic E-state index is 12.4. The van der Waals surface area contributed by atoms with Crippen LogP contribution in [0.4, 0.5) is 0 Å². The molecule has 0 radical (unpaired) electrons. The van der Waals surface area contributed by atoms with Crippen LogP contribution in [0.3, 0.4) is 0 Å². The van der Waals surface area contributed by atoms with E-state index < -0.39 is 23.5 Å². The average Bonchev–Trinajstić information content (AvgIpc) is 2.87. The van der Waals surface area contributed by atoms with Gasteiger partial charge in [-0.1, -0.05) is 46.3 Å². The second-order valence-electron chi connectivity index (χ2n) is 7.58. The number of ether oxygens (including phenoxy) is 2. The number of amides is 2. The van der Waals surface area contributed by atoms with E-state index in [0.29, 0.717) is 29.1 Å². The van der Waals surface area contributed by atoms with Crippen molar-refractivity contribution < 1.29 is 23.5 Å². The molecule has 0 bridgehead atoms. The molecule has 4 aromatic rings. The van der Waals surface area contributed by atoms with Gasteiger partial charge in [0.2, 0.25) is 0 Å². The lowest BCUT2D eigenvalue weighted by molar-refractivity contribution is -0.128. The predicted octanol–water partition coefficient (Wildman–Crippen LogP) is 4.36. The van der Waals surface area contributed by atoms with Gasteiger partial charge in [0.1, 0.15) is 29.3 Å². The van der Waals surface area contributed by atoms with E-state index in [-0.39, 0.29) is 5.56 Å². The zero-order valence-corrected chi connectivity index (χ0v) is 20.2. The summed E-state index contributed by atoms with van der Waals surface area (Å²) in [5.41, 5.74) is 4.82. The Morgan fingerprint density at radius 3 is 2.40 bits per heavy atom. The summed E-state index contributed by atoms with van der Waals surface area (Å²) in [5.74, 6) is -0.296. The largest absolute Gasteiger partial charge is 0.489 e. The highest BCUT2D eigenvalue weighted by molar-refractivity contribution is 9.10. The molecule has 1 aromatic heterocycles. The van der Waals surface area contributed by atoms with Crippen LogP contribution in [-0.2, 0) is 11.4 Å².